The Morgan fingerprint density at radius 2 is 1.61 bits per heavy atom. The van der Waals surface area contributed by atoms with Gasteiger partial charge >= 0.3 is 0 Å². The Kier molecular flexibility index (Phi) is 2.73. The van der Waals surface area contributed by atoms with Gasteiger partial charge in [0.25, 0.3) is 0 Å². The van der Waals surface area contributed by atoms with Crippen molar-refractivity contribution in [1.29, 1.82) is 0 Å². The van der Waals surface area contributed by atoms with Crippen LogP contribution in [0, 0.1) is 0 Å². The van der Waals surface area contributed by atoms with Gasteiger partial charge in [0.15, 0.2) is 0 Å². The summed E-state index contributed by atoms with van der Waals surface area (Å²) in [4.78, 5) is 17.2. The van der Waals surface area contributed by atoms with Crippen molar-refractivity contribution >= 4 is 5.78 Å². The topological polar surface area (TPSA) is 23.6 Å². The summed E-state index contributed by atoms with van der Waals surface area (Å²) >= 11 is 0. The van der Waals surface area contributed by atoms with Crippen LogP contribution in [0.1, 0.15) is 51.4 Å². The maximum absolute atomic E-state index is 11.7. The smallest absolute Gasteiger partial charge is 0.136 e. The monoisotopic (exact) mass is 248 g/mol. The molecular weight excluding hydrogens is 224 g/mol. The van der Waals surface area contributed by atoms with Crippen LogP contribution < -0.4 is 0 Å². The molecule has 4 unspecified atom stereocenters. The first-order valence-corrected chi connectivity index (χ1v) is 7.86. The third-order valence-electron chi connectivity index (χ3n) is 5.81. The average Bonchev–Trinajstić information content (AvgIpc) is 2.89. The Morgan fingerprint density at radius 1 is 0.833 bits per heavy atom. The van der Waals surface area contributed by atoms with Gasteiger partial charge in [-0.3, -0.25) is 14.6 Å². The number of carbonyl (C=O) groups is 1. The molecule has 0 aromatic heterocycles. The van der Waals surface area contributed by atoms with Crippen LogP contribution >= 0.6 is 0 Å². The highest BCUT2D eigenvalue weighted by molar-refractivity contribution is 5.81. The Hall–Kier alpha value is -0.410. The van der Waals surface area contributed by atoms with Gasteiger partial charge in [0.2, 0.25) is 0 Å². The van der Waals surface area contributed by atoms with Gasteiger partial charge in [0.1, 0.15) is 5.78 Å². The minimum atomic E-state index is 0.525. The van der Waals surface area contributed by atoms with Crippen LogP contribution in [0.15, 0.2) is 0 Å². The van der Waals surface area contributed by atoms with E-state index in [0.717, 1.165) is 24.9 Å². The minimum absolute atomic E-state index is 0.525. The number of hydrogen-bond donors (Lipinski definition) is 0. The molecule has 3 nitrogen and oxygen atoms in total. The summed E-state index contributed by atoms with van der Waals surface area (Å²) in [6.07, 6.45) is 9.81. The molecule has 2 bridgehead atoms. The van der Waals surface area contributed by atoms with Crippen molar-refractivity contribution in [2.75, 3.05) is 13.1 Å². The summed E-state index contributed by atoms with van der Waals surface area (Å²) < 4.78 is 0. The van der Waals surface area contributed by atoms with Crippen LogP contribution in [0.2, 0.25) is 0 Å². The summed E-state index contributed by atoms with van der Waals surface area (Å²) in [7, 11) is 0. The fourth-order valence-electron chi connectivity index (χ4n) is 5.11. The fraction of sp³-hybridized carbons (Fsp3) is 0.933. The number of fused-ring (bicyclic) bond motifs is 3. The number of ketones is 1. The second kappa shape index (κ2) is 4.31. The fourth-order valence-corrected chi connectivity index (χ4v) is 5.11. The zero-order valence-electron chi connectivity index (χ0n) is 11.2. The number of hydrogen-bond acceptors (Lipinski definition) is 3. The molecule has 4 fully saturated rings. The number of Topliss-reactive ketones (excluding diaryl/α,β-unsaturated/α-hetero) is 1. The first-order valence-electron chi connectivity index (χ1n) is 7.86. The van der Waals surface area contributed by atoms with Crippen molar-refractivity contribution in [3.8, 4) is 0 Å². The standard InChI is InChI=1S/C15H24N2O/c18-13-9-11-4-5-12(10-13)17(11)15-6-8-16-7-2-1-3-14(15)16/h11-12,14-15H,1-10H2. The predicted molar refractivity (Wildman–Crippen MR) is 70.5 cm³/mol. The molecule has 4 aliphatic heterocycles. The maximum Gasteiger partial charge on any atom is 0.136 e. The van der Waals surface area contributed by atoms with Gasteiger partial charge in [-0.1, -0.05) is 6.42 Å². The molecule has 4 heterocycles. The summed E-state index contributed by atoms with van der Waals surface area (Å²) in [6, 6.07) is 2.79. The summed E-state index contributed by atoms with van der Waals surface area (Å²) in [5.41, 5.74) is 0. The van der Waals surface area contributed by atoms with E-state index >= 15 is 0 Å². The highest BCUT2D eigenvalue weighted by Gasteiger charge is 2.48. The first kappa shape index (κ1) is 11.4. The molecule has 0 amide bonds. The van der Waals surface area contributed by atoms with Crippen molar-refractivity contribution in [1.82, 2.24) is 9.80 Å². The van der Waals surface area contributed by atoms with Crippen LogP contribution in [0.3, 0.4) is 0 Å². The van der Waals surface area contributed by atoms with E-state index in [4.69, 9.17) is 0 Å². The lowest BCUT2D eigenvalue weighted by molar-refractivity contribution is -0.124. The minimum Gasteiger partial charge on any atom is -0.300 e. The molecule has 0 aliphatic carbocycles. The van der Waals surface area contributed by atoms with Crippen molar-refractivity contribution in [3.05, 3.63) is 0 Å². The molecule has 0 spiro atoms. The van der Waals surface area contributed by atoms with E-state index in [1.165, 1.54) is 51.6 Å². The quantitative estimate of drug-likeness (QED) is 0.707. The van der Waals surface area contributed by atoms with E-state index in [2.05, 4.69) is 9.80 Å². The summed E-state index contributed by atoms with van der Waals surface area (Å²) in [5.74, 6) is 0.525. The largest absolute Gasteiger partial charge is 0.300 e. The zero-order chi connectivity index (χ0) is 12.1. The van der Waals surface area contributed by atoms with Crippen LogP contribution in [-0.2, 0) is 4.79 Å². The number of piperidine rings is 2. The van der Waals surface area contributed by atoms with Crippen LogP contribution in [0.4, 0.5) is 0 Å². The Morgan fingerprint density at radius 3 is 2.39 bits per heavy atom. The van der Waals surface area contributed by atoms with Crippen molar-refractivity contribution in [3.63, 3.8) is 0 Å². The molecule has 0 saturated carbocycles. The van der Waals surface area contributed by atoms with Gasteiger partial charge in [-0.25, -0.2) is 0 Å². The van der Waals surface area contributed by atoms with Crippen molar-refractivity contribution in [2.24, 2.45) is 0 Å². The van der Waals surface area contributed by atoms with Gasteiger partial charge in [0, 0.05) is 43.6 Å². The number of carbonyl (C=O) groups excluding carboxylic acids is 1. The molecule has 0 aromatic carbocycles. The summed E-state index contributed by atoms with van der Waals surface area (Å²) in [6.45, 7) is 2.63. The SMILES string of the molecule is O=C1CC2CCC(C1)N2C1CCN2CCCCC12. The molecule has 100 valence electrons. The summed E-state index contributed by atoms with van der Waals surface area (Å²) in [5, 5.41) is 0. The second-order valence-electron chi connectivity index (χ2n) is 6.73. The van der Waals surface area contributed by atoms with Crippen molar-refractivity contribution < 1.29 is 4.79 Å². The molecule has 0 aromatic rings. The van der Waals surface area contributed by atoms with Gasteiger partial charge in [-0.2, -0.15) is 0 Å². The molecule has 4 atom stereocenters. The molecule has 3 heteroatoms. The maximum atomic E-state index is 11.7. The van der Waals surface area contributed by atoms with E-state index in [9.17, 15) is 4.79 Å². The molecule has 0 radical (unpaired) electrons. The molecule has 4 rings (SSSR count). The normalized spacial score (nSPS) is 45.4. The van der Waals surface area contributed by atoms with Crippen LogP contribution in [0.5, 0.6) is 0 Å². The average molecular weight is 248 g/mol. The van der Waals surface area contributed by atoms with E-state index in [-0.39, 0.29) is 0 Å². The van der Waals surface area contributed by atoms with Gasteiger partial charge in [-0.15, -0.1) is 0 Å². The van der Waals surface area contributed by atoms with E-state index < -0.39 is 0 Å². The third-order valence-corrected chi connectivity index (χ3v) is 5.81. The number of rotatable bonds is 1. The highest BCUT2D eigenvalue weighted by Crippen LogP contribution is 2.41. The van der Waals surface area contributed by atoms with Crippen LogP contribution in [0.25, 0.3) is 0 Å². The Balaban J connectivity index is 1.55. The molecule has 18 heavy (non-hydrogen) atoms. The highest BCUT2D eigenvalue weighted by atomic mass is 16.1. The van der Waals surface area contributed by atoms with E-state index in [1.807, 2.05) is 0 Å². The van der Waals surface area contributed by atoms with E-state index in [0.29, 0.717) is 17.9 Å². The molecule has 0 N–H and O–H groups in total. The molecular formula is C15H24N2O. The van der Waals surface area contributed by atoms with Gasteiger partial charge in [-0.05, 0) is 38.6 Å². The second-order valence-corrected chi connectivity index (χ2v) is 6.73. The van der Waals surface area contributed by atoms with Gasteiger partial charge in [0.05, 0.1) is 0 Å². The molecule has 4 saturated heterocycles. The van der Waals surface area contributed by atoms with E-state index in [1.54, 1.807) is 0 Å². The lowest BCUT2D eigenvalue weighted by atomic mass is 9.92. The Labute approximate surface area is 110 Å². The first-order chi connectivity index (χ1) is 8.83. The number of nitrogens with zero attached hydrogens (tertiary/aromatic N) is 2. The zero-order valence-corrected chi connectivity index (χ0v) is 11.2. The lowest BCUT2D eigenvalue weighted by Gasteiger charge is -2.43. The predicted octanol–water partition coefficient (Wildman–Crippen LogP) is 1.81. The Bertz CT molecular complexity index is 340. The molecule has 4 aliphatic rings. The lowest BCUT2D eigenvalue weighted by Crippen LogP contribution is -2.54. The van der Waals surface area contributed by atoms with Crippen LogP contribution in [-0.4, -0.2) is 52.8 Å². The third kappa shape index (κ3) is 1.67. The van der Waals surface area contributed by atoms with Gasteiger partial charge < -0.3 is 0 Å². The van der Waals surface area contributed by atoms with Crippen molar-refractivity contribution in [2.45, 2.75) is 75.5 Å².